The Morgan fingerprint density at radius 2 is 2.20 bits per heavy atom. The lowest BCUT2D eigenvalue weighted by Crippen LogP contribution is -2.27. The van der Waals surface area contributed by atoms with Gasteiger partial charge in [-0.1, -0.05) is 5.16 Å². The predicted molar refractivity (Wildman–Crippen MR) is 68.7 cm³/mol. The van der Waals surface area contributed by atoms with E-state index < -0.39 is 20.7 Å². The summed E-state index contributed by atoms with van der Waals surface area (Å²) in [5.74, 6) is -0.122. The molecule has 0 saturated heterocycles. The van der Waals surface area contributed by atoms with E-state index in [1.54, 1.807) is 6.92 Å². The molecule has 108 valence electrons. The summed E-state index contributed by atoms with van der Waals surface area (Å²) >= 11 is 0. The SMILES string of the molecule is Cc1nc(CCNS(=O)(=O)c2ccc(N)cc2F)no1. The Labute approximate surface area is 115 Å². The highest BCUT2D eigenvalue weighted by atomic mass is 32.2. The maximum Gasteiger partial charge on any atom is 0.243 e. The normalized spacial score (nSPS) is 11.7. The molecule has 1 aromatic carbocycles. The quantitative estimate of drug-likeness (QED) is 0.783. The summed E-state index contributed by atoms with van der Waals surface area (Å²) in [5, 5.41) is 3.63. The molecule has 0 amide bonds. The standard InChI is InChI=1S/C11H13FN4O3S/c1-7-15-11(16-19-7)4-5-14-20(17,18)10-3-2-8(13)6-9(10)12/h2-3,6,14H,4-5,13H2,1H3. The molecule has 0 spiro atoms. The van der Waals surface area contributed by atoms with Gasteiger partial charge in [0.1, 0.15) is 10.7 Å². The molecule has 0 aliphatic carbocycles. The van der Waals surface area contributed by atoms with Gasteiger partial charge in [0.15, 0.2) is 5.82 Å². The second-order valence-corrected chi connectivity index (χ2v) is 5.80. The topological polar surface area (TPSA) is 111 Å². The summed E-state index contributed by atoms with van der Waals surface area (Å²) in [6.07, 6.45) is 0.243. The highest BCUT2D eigenvalue weighted by Crippen LogP contribution is 2.16. The van der Waals surface area contributed by atoms with Gasteiger partial charge in [-0.3, -0.25) is 0 Å². The minimum Gasteiger partial charge on any atom is -0.399 e. The third kappa shape index (κ3) is 3.31. The van der Waals surface area contributed by atoms with Crippen molar-refractivity contribution >= 4 is 15.7 Å². The van der Waals surface area contributed by atoms with Crippen LogP contribution in [0.25, 0.3) is 0 Å². The van der Waals surface area contributed by atoms with E-state index >= 15 is 0 Å². The van der Waals surface area contributed by atoms with E-state index in [2.05, 4.69) is 14.9 Å². The molecule has 0 radical (unpaired) electrons. The van der Waals surface area contributed by atoms with Crippen LogP contribution in [0.5, 0.6) is 0 Å². The van der Waals surface area contributed by atoms with Crippen molar-refractivity contribution in [2.75, 3.05) is 12.3 Å². The molecule has 2 rings (SSSR count). The number of rotatable bonds is 5. The molecular formula is C11H13FN4O3S. The van der Waals surface area contributed by atoms with Crippen molar-refractivity contribution < 1.29 is 17.3 Å². The van der Waals surface area contributed by atoms with Gasteiger partial charge < -0.3 is 10.3 Å². The lowest BCUT2D eigenvalue weighted by atomic mass is 10.3. The Morgan fingerprint density at radius 3 is 2.80 bits per heavy atom. The van der Waals surface area contributed by atoms with Gasteiger partial charge in [-0.25, -0.2) is 17.5 Å². The number of nitrogen functional groups attached to an aromatic ring is 1. The van der Waals surface area contributed by atoms with Gasteiger partial charge in [0.2, 0.25) is 15.9 Å². The van der Waals surface area contributed by atoms with Crippen molar-refractivity contribution in [2.24, 2.45) is 0 Å². The molecular weight excluding hydrogens is 287 g/mol. The van der Waals surface area contributed by atoms with Gasteiger partial charge in [-0.05, 0) is 18.2 Å². The van der Waals surface area contributed by atoms with Crippen LogP contribution in [0.1, 0.15) is 11.7 Å². The summed E-state index contributed by atoms with van der Waals surface area (Å²) in [4.78, 5) is 3.48. The Morgan fingerprint density at radius 1 is 1.45 bits per heavy atom. The number of nitrogens with one attached hydrogen (secondary N) is 1. The summed E-state index contributed by atoms with van der Waals surface area (Å²) in [5.41, 5.74) is 5.52. The average Bonchev–Trinajstić information content (AvgIpc) is 2.74. The number of halogens is 1. The van der Waals surface area contributed by atoms with E-state index in [0.717, 1.165) is 12.1 Å². The number of sulfonamides is 1. The highest BCUT2D eigenvalue weighted by Gasteiger charge is 2.18. The van der Waals surface area contributed by atoms with Gasteiger partial charge in [0.05, 0.1) is 0 Å². The molecule has 0 fully saturated rings. The van der Waals surface area contributed by atoms with Crippen molar-refractivity contribution in [2.45, 2.75) is 18.2 Å². The number of anilines is 1. The molecule has 0 aliphatic rings. The Bertz CT molecular complexity index is 714. The van der Waals surface area contributed by atoms with Crippen LogP contribution in [0.3, 0.4) is 0 Å². The second-order valence-electron chi connectivity index (χ2n) is 4.07. The first-order chi connectivity index (χ1) is 9.38. The molecule has 0 atom stereocenters. The molecule has 9 heteroatoms. The van der Waals surface area contributed by atoms with Gasteiger partial charge >= 0.3 is 0 Å². The van der Waals surface area contributed by atoms with Gasteiger partial charge in [0, 0.05) is 25.6 Å². The largest absolute Gasteiger partial charge is 0.399 e. The number of hydrogen-bond donors (Lipinski definition) is 2. The summed E-state index contributed by atoms with van der Waals surface area (Å²) in [6.45, 7) is 1.66. The third-order valence-electron chi connectivity index (χ3n) is 2.46. The monoisotopic (exact) mass is 300 g/mol. The van der Waals surface area contributed by atoms with Gasteiger partial charge in [-0.15, -0.1) is 0 Å². The van der Waals surface area contributed by atoms with Crippen molar-refractivity contribution in [1.29, 1.82) is 0 Å². The number of hydrogen-bond acceptors (Lipinski definition) is 6. The molecule has 0 bridgehead atoms. The number of benzene rings is 1. The number of aromatic nitrogens is 2. The van der Waals surface area contributed by atoms with Crippen LogP contribution in [-0.2, 0) is 16.4 Å². The minimum absolute atomic E-state index is 0.0329. The Hall–Kier alpha value is -2.00. The van der Waals surface area contributed by atoms with Crippen LogP contribution in [0.2, 0.25) is 0 Å². The zero-order chi connectivity index (χ0) is 14.8. The molecule has 20 heavy (non-hydrogen) atoms. The van der Waals surface area contributed by atoms with Crippen molar-refractivity contribution in [3.8, 4) is 0 Å². The molecule has 0 unspecified atom stereocenters. The van der Waals surface area contributed by atoms with E-state index in [-0.39, 0.29) is 18.7 Å². The van der Waals surface area contributed by atoms with E-state index in [1.165, 1.54) is 6.07 Å². The van der Waals surface area contributed by atoms with E-state index in [1.807, 2.05) is 0 Å². The number of nitrogens with two attached hydrogens (primary N) is 1. The highest BCUT2D eigenvalue weighted by molar-refractivity contribution is 7.89. The van der Waals surface area contributed by atoms with Crippen molar-refractivity contribution in [3.63, 3.8) is 0 Å². The Kier molecular flexibility index (Phi) is 4.00. The fraction of sp³-hybridized carbons (Fsp3) is 0.273. The first kappa shape index (κ1) is 14.4. The number of aryl methyl sites for hydroxylation is 1. The predicted octanol–water partition coefficient (Wildman–Crippen LogP) is 0.620. The maximum atomic E-state index is 13.6. The zero-order valence-electron chi connectivity index (χ0n) is 10.6. The molecule has 1 heterocycles. The average molecular weight is 300 g/mol. The lowest BCUT2D eigenvalue weighted by molar-refractivity contribution is 0.387. The molecule has 7 nitrogen and oxygen atoms in total. The van der Waals surface area contributed by atoms with Crippen molar-refractivity contribution in [1.82, 2.24) is 14.9 Å². The van der Waals surface area contributed by atoms with Crippen LogP contribution in [0.15, 0.2) is 27.6 Å². The van der Waals surface area contributed by atoms with Crippen LogP contribution in [0.4, 0.5) is 10.1 Å². The third-order valence-corrected chi connectivity index (χ3v) is 3.95. The lowest BCUT2D eigenvalue weighted by Gasteiger charge is -2.07. The second kappa shape index (κ2) is 5.55. The van der Waals surface area contributed by atoms with Crippen LogP contribution in [0, 0.1) is 12.7 Å². The van der Waals surface area contributed by atoms with Gasteiger partial charge in [-0.2, -0.15) is 4.98 Å². The van der Waals surface area contributed by atoms with E-state index in [9.17, 15) is 12.8 Å². The molecule has 0 saturated carbocycles. The van der Waals surface area contributed by atoms with Crippen molar-refractivity contribution in [3.05, 3.63) is 35.7 Å². The van der Waals surface area contributed by atoms with E-state index in [0.29, 0.717) is 11.7 Å². The summed E-state index contributed by atoms with van der Waals surface area (Å²) in [7, 11) is -3.94. The molecule has 3 N–H and O–H groups in total. The maximum absolute atomic E-state index is 13.6. The first-order valence-electron chi connectivity index (χ1n) is 5.72. The smallest absolute Gasteiger partial charge is 0.243 e. The number of nitrogens with zero attached hydrogens (tertiary/aromatic N) is 2. The minimum atomic E-state index is -3.94. The molecule has 1 aromatic heterocycles. The summed E-state index contributed by atoms with van der Waals surface area (Å²) < 4.78 is 44.4. The van der Waals surface area contributed by atoms with Crippen LogP contribution < -0.4 is 10.5 Å². The first-order valence-corrected chi connectivity index (χ1v) is 7.21. The molecule has 0 aliphatic heterocycles. The Balaban J connectivity index is 2.04. The van der Waals surface area contributed by atoms with Gasteiger partial charge in [0.25, 0.3) is 0 Å². The summed E-state index contributed by atoms with van der Waals surface area (Å²) in [6, 6.07) is 3.39. The fourth-order valence-electron chi connectivity index (χ4n) is 1.55. The molecule has 2 aromatic rings. The van der Waals surface area contributed by atoms with Crippen LogP contribution >= 0.6 is 0 Å². The fourth-order valence-corrected chi connectivity index (χ4v) is 2.64. The zero-order valence-corrected chi connectivity index (χ0v) is 11.4. The van der Waals surface area contributed by atoms with Crippen LogP contribution in [-0.4, -0.2) is 25.1 Å². The van der Waals surface area contributed by atoms with E-state index in [4.69, 9.17) is 10.3 Å².